The molecule has 0 aromatic heterocycles. The van der Waals surface area contributed by atoms with Gasteiger partial charge in [-0.05, 0) is 13.8 Å². The summed E-state index contributed by atoms with van der Waals surface area (Å²) in [6.07, 6.45) is -2.52. The van der Waals surface area contributed by atoms with Gasteiger partial charge in [0, 0.05) is 6.92 Å². The molecule has 0 rings (SSSR count). The molecule has 2 atom stereocenters. The Morgan fingerprint density at radius 3 is 2.00 bits per heavy atom. The van der Waals surface area contributed by atoms with Crippen LogP contribution in [0.5, 0.6) is 0 Å². The molecule has 6 heteroatoms. The molecule has 14 heavy (non-hydrogen) atoms. The third-order valence-corrected chi connectivity index (χ3v) is 1.21. The maximum Gasteiger partial charge on any atom is 0.354 e. The van der Waals surface area contributed by atoms with Gasteiger partial charge in [-0.25, -0.2) is 9.59 Å². The van der Waals surface area contributed by atoms with E-state index >= 15 is 0 Å². The first-order valence-corrected chi connectivity index (χ1v) is 3.95. The average molecular weight is 204 g/mol. The molecule has 0 amide bonds. The van der Waals surface area contributed by atoms with Crippen LogP contribution in [-0.4, -0.2) is 35.2 Å². The third kappa shape index (κ3) is 4.56. The summed E-state index contributed by atoms with van der Waals surface area (Å²) in [4.78, 5) is 32.0. The number of esters is 3. The number of hydrogen-bond donors (Lipinski definition) is 1. The van der Waals surface area contributed by atoms with E-state index in [2.05, 4.69) is 9.47 Å². The van der Waals surface area contributed by atoms with Gasteiger partial charge in [0.1, 0.15) is 6.10 Å². The van der Waals surface area contributed by atoms with Gasteiger partial charge in [-0.2, -0.15) is 0 Å². The van der Waals surface area contributed by atoms with Crippen molar-refractivity contribution in [2.24, 2.45) is 0 Å². The Labute approximate surface area is 80.8 Å². The van der Waals surface area contributed by atoms with E-state index in [0.29, 0.717) is 0 Å². The molecule has 0 fully saturated rings. The fourth-order valence-corrected chi connectivity index (χ4v) is 0.545. The molecular weight excluding hydrogens is 192 g/mol. The largest absolute Gasteiger partial charge is 0.449 e. The van der Waals surface area contributed by atoms with Crippen LogP contribution >= 0.6 is 0 Å². The number of ether oxygens (including phenoxy) is 2. The maximum atomic E-state index is 10.9. The van der Waals surface area contributed by atoms with Crippen molar-refractivity contribution in [1.29, 1.82) is 0 Å². The van der Waals surface area contributed by atoms with E-state index in [0.717, 1.165) is 6.92 Å². The van der Waals surface area contributed by atoms with E-state index in [-0.39, 0.29) is 0 Å². The van der Waals surface area contributed by atoms with Gasteiger partial charge < -0.3 is 14.6 Å². The summed E-state index contributed by atoms with van der Waals surface area (Å²) in [5.41, 5.74) is 0. The van der Waals surface area contributed by atoms with E-state index in [1.165, 1.54) is 13.8 Å². The first-order valence-electron chi connectivity index (χ1n) is 3.95. The fraction of sp³-hybridized carbons (Fsp3) is 0.625. The number of carbonyl (C=O) groups excluding carboxylic acids is 3. The third-order valence-electron chi connectivity index (χ3n) is 1.21. The van der Waals surface area contributed by atoms with Gasteiger partial charge in [0.15, 0.2) is 6.10 Å². The molecule has 0 radical (unpaired) electrons. The van der Waals surface area contributed by atoms with Gasteiger partial charge in [0.25, 0.3) is 0 Å². The van der Waals surface area contributed by atoms with Crippen LogP contribution in [0.3, 0.4) is 0 Å². The van der Waals surface area contributed by atoms with Crippen LogP contribution in [0.2, 0.25) is 0 Å². The van der Waals surface area contributed by atoms with Crippen molar-refractivity contribution in [2.45, 2.75) is 33.0 Å². The predicted molar refractivity (Wildman–Crippen MR) is 44.0 cm³/mol. The SMILES string of the molecule is CC(=O)OC(=O)C(C)OC(=O)C(C)O. The molecule has 0 aliphatic carbocycles. The van der Waals surface area contributed by atoms with E-state index in [4.69, 9.17) is 5.11 Å². The van der Waals surface area contributed by atoms with Crippen molar-refractivity contribution in [3.8, 4) is 0 Å². The van der Waals surface area contributed by atoms with Gasteiger partial charge in [0.05, 0.1) is 0 Å². The average Bonchev–Trinajstić information content (AvgIpc) is 2.02. The molecule has 0 aromatic carbocycles. The monoisotopic (exact) mass is 204 g/mol. The van der Waals surface area contributed by atoms with Gasteiger partial charge >= 0.3 is 17.9 Å². The summed E-state index contributed by atoms with van der Waals surface area (Å²) in [6, 6.07) is 0. The Balaban J connectivity index is 4.08. The van der Waals surface area contributed by atoms with Crippen LogP contribution in [0, 0.1) is 0 Å². The lowest BCUT2D eigenvalue weighted by Crippen LogP contribution is -2.31. The quantitative estimate of drug-likeness (QED) is 0.487. The normalized spacial score (nSPS) is 14.0. The molecule has 6 nitrogen and oxygen atoms in total. The van der Waals surface area contributed by atoms with Gasteiger partial charge in [-0.15, -0.1) is 0 Å². The zero-order chi connectivity index (χ0) is 11.3. The minimum atomic E-state index is -1.32. The van der Waals surface area contributed by atoms with Gasteiger partial charge in [-0.1, -0.05) is 0 Å². The van der Waals surface area contributed by atoms with Crippen LogP contribution in [0.1, 0.15) is 20.8 Å². The standard InChI is InChI=1S/C8H12O6/c1-4(9)7(11)13-5(2)8(12)14-6(3)10/h4-5,9H,1-3H3. The summed E-state index contributed by atoms with van der Waals surface area (Å²) < 4.78 is 8.61. The molecular formula is C8H12O6. The lowest BCUT2D eigenvalue weighted by atomic mass is 10.4. The van der Waals surface area contributed by atoms with E-state index in [1.807, 2.05) is 0 Å². The summed E-state index contributed by atoms with van der Waals surface area (Å²) in [5, 5.41) is 8.74. The van der Waals surface area contributed by atoms with E-state index < -0.39 is 30.1 Å². The van der Waals surface area contributed by atoms with E-state index in [9.17, 15) is 14.4 Å². The smallest absolute Gasteiger partial charge is 0.354 e. The molecule has 1 N–H and O–H groups in total. The van der Waals surface area contributed by atoms with Crippen LogP contribution in [0.4, 0.5) is 0 Å². The van der Waals surface area contributed by atoms with Crippen molar-refractivity contribution >= 4 is 17.9 Å². The summed E-state index contributed by atoms with van der Waals surface area (Å²) >= 11 is 0. The highest BCUT2D eigenvalue weighted by molar-refractivity contribution is 5.88. The van der Waals surface area contributed by atoms with E-state index in [1.54, 1.807) is 0 Å². The number of aliphatic hydroxyl groups excluding tert-OH is 1. The molecule has 0 aliphatic heterocycles. The number of hydrogen-bond acceptors (Lipinski definition) is 6. The van der Waals surface area contributed by atoms with Crippen molar-refractivity contribution in [1.82, 2.24) is 0 Å². The van der Waals surface area contributed by atoms with Crippen molar-refractivity contribution in [2.75, 3.05) is 0 Å². The zero-order valence-corrected chi connectivity index (χ0v) is 8.14. The number of carbonyl (C=O) groups is 3. The molecule has 0 bridgehead atoms. The second-order valence-electron chi connectivity index (χ2n) is 2.67. The van der Waals surface area contributed by atoms with Crippen LogP contribution in [0.25, 0.3) is 0 Å². The molecule has 0 spiro atoms. The number of rotatable bonds is 3. The molecule has 0 saturated heterocycles. The first kappa shape index (κ1) is 12.6. The Bertz CT molecular complexity index is 244. The predicted octanol–water partition coefficient (Wildman–Crippen LogP) is -0.611. The zero-order valence-electron chi connectivity index (χ0n) is 8.14. The highest BCUT2D eigenvalue weighted by Gasteiger charge is 2.22. The summed E-state index contributed by atoms with van der Waals surface area (Å²) in [7, 11) is 0. The minimum absolute atomic E-state index is 0.782. The molecule has 0 aromatic rings. The van der Waals surface area contributed by atoms with Gasteiger partial charge in [0.2, 0.25) is 0 Å². The lowest BCUT2D eigenvalue weighted by Gasteiger charge is -2.11. The van der Waals surface area contributed by atoms with Crippen molar-refractivity contribution in [3.05, 3.63) is 0 Å². The summed E-state index contributed by atoms with van der Waals surface area (Å²) in [5.74, 6) is -2.69. The number of aliphatic hydroxyl groups is 1. The maximum absolute atomic E-state index is 10.9. The topological polar surface area (TPSA) is 89.9 Å². The van der Waals surface area contributed by atoms with Gasteiger partial charge in [-0.3, -0.25) is 4.79 Å². The molecule has 0 heterocycles. The molecule has 2 unspecified atom stereocenters. The van der Waals surface area contributed by atoms with Crippen molar-refractivity contribution in [3.63, 3.8) is 0 Å². The fourth-order valence-electron chi connectivity index (χ4n) is 0.545. The van der Waals surface area contributed by atoms with Crippen LogP contribution in [0.15, 0.2) is 0 Å². The Morgan fingerprint density at radius 1 is 1.14 bits per heavy atom. The van der Waals surface area contributed by atoms with Crippen LogP contribution < -0.4 is 0 Å². The van der Waals surface area contributed by atoms with Crippen molar-refractivity contribution < 1.29 is 29.0 Å². The lowest BCUT2D eigenvalue weighted by molar-refractivity contribution is -0.175. The Morgan fingerprint density at radius 2 is 1.64 bits per heavy atom. The highest BCUT2D eigenvalue weighted by Crippen LogP contribution is 1.98. The molecule has 80 valence electrons. The van der Waals surface area contributed by atoms with Crippen LogP contribution in [-0.2, 0) is 23.9 Å². The first-order chi connectivity index (χ1) is 6.34. The molecule has 0 saturated carbocycles. The molecule has 0 aliphatic rings. The Kier molecular flexibility index (Phi) is 4.79. The second kappa shape index (κ2) is 5.33. The Hall–Kier alpha value is -1.43. The summed E-state index contributed by atoms with van der Waals surface area (Å²) in [6.45, 7) is 3.50. The second-order valence-corrected chi connectivity index (χ2v) is 2.67. The highest BCUT2D eigenvalue weighted by atomic mass is 16.6. The minimum Gasteiger partial charge on any atom is -0.449 e.